The highest BCUT2D eigenvalue weighted by Crippen LogP contribution is 2.30. The van der Waals surface area contributed by atoms with E-state index in [2.05, 4.69) is 10.6 Å². The highest BCUT2D eigenvalue weighted by atomic mass is 16.3. The fourth-order valence-electron chi connectivity index (χ4n) is 2.46. The Bertz CT molecular complexity index is 737. The minimum Gasteiger partial charge on any atom is -0.392 e. The van der Waals surface area contributed by atoms with Gasteiger partial charge in [0.2, 0.25) is 5.91 Å². The van der Waals surface area contributed by atoms with Gasteiger partial charge in [-0.05, 0) is 48.2 Å². The van der Waals surface area contributed by atoms with Gasteiger partial charge in [-0.3, -0.25) is 9.59 Å². The molecule has 0 radical (unpaired) electrons. The molecule has 0 spiro atoms. The van der Waals surface area contributed by atoms with Gasteiger partial charge in [-0.1, -0.05) is 24.3 Å². The van der Waals surface area contributed by atoms with E-state index >= 15 is 0 Å². The van der Waals surface area contributed by atoms with Crippen LogP contribution in [0.2, 0.25) is 0 Å². The van der Waals surface area contributed by atoms with Gasteiger partial charge in [0.1, 0.15) is 0 Å². The highest BCUT2D eigenvalue weighted by Gasteiger charge is 2.29. The lowest BCUT2D eigenvalue weighted by Gasteiger charge is -2.10. The first-order chi connectivity index (χ1) is 11.7. The van der Waals surface area contributed by atoms with E-state index in [4.69, 9.17) is 0 Å². The summed E-state index contributed by atoms with van der Waals surface area (Å²) in [5, 5.41) is 15.0. The summed E-state index contributed by atoms with van der Waals surface area (Å²) in [7, 11) is 0. The van der Waals surface area contributed by atoms with Crippen LogP contribution in [0.1, 0.15) is 34.3 Å². The topological polar surface area (TPSA) is 78.4 Å². The number of amides is 2. The molecule has 3 rings (SSSR count). The summed E-state index contributed by atoms with van der Waals surface area (Å²) in [6, 6.07) is 14.3. The van der Waals surface area contributed by atoms with Gasteiger partial charge in [-0.25, -0.2) is 0 Å². The van der Waals surface area contributed by atoms with E-state index in [0.29, 0.717) is 17.8 Å². The van der Waals surface area contributed by atoms with E-state index in [1.807, 2.05) is 24.3 Å². The smallest absolute Gasteiger partial charge is 0.251 e. The lowest BCUT2D eigenvalue weighted by Crippen LogP contribution is -2.23. The maximum atomic E-state index is 12.2. The molecule has 5 nitrogen and oxygen atoms in total. The van der Waals surface area contributed by atoms with Gasteiger partial charge in [0.15, 0.2) is 0 Å². The average molecular weight is 324 g/mol. The molecule has 0 bridgehead atoms. The van der Waals surface area contributed by atoms with Crippen molar-refractivity contribution >= 4 is 17.5 Å². The lowest BCUT2D eigenvalue weighted by atomic mass is 10.1. The highest BCUT2D eigenvalue weighted by molar-refractivity contribution is 5.96. The largest absolute Gasteiger partial charge is 0.392 e. The molecule has 0 heterocycles. The minimum absolute atomic E-state index is 0.0489. The third kappa shape index (κ3) is 4.00. The number of benzene rings is 2. The number of aliphatic hydroxyl groups is 1. The molecule has 2 amide bonds. The fraction of sp³-hybridized carbons (Fsp3) is 0.263. The van der Waals surface area contributed by atoms with E-state index in [9.17, 15) is 14.7 Å². The van der Waals surface area contributed by atoms with Crippen LogP contribution in [0.3, 0.4) is 0 Å². The third-order valence-corrected chi connectivity index (χ3v) is 4.09. The molecule has 24 heavy (non-hydrogen) atoms. The normalized spacial score (nSPS) is 13.4. The molecular weight excluding hydrogens is 304 g/mol. The van der Waals surface area contributed by atoms with E-state index in [1.165, 1.54) is 0 Å². The van der Waals surface area contributed by atoms with Crippen molar-refractivity contribution in [1.82, 2.24) is 5.32 Å². The lowest BCUT2D eigenvalue weighted by molar-refractivity contribution is -0.117. The fourth-order valence-corrected chi connectivity index (χ4v) is 2.46. The Kier molecular flexibility index (Phi) is 4.91. The van der Waals surface area contributed by atoms with Crippen LogP contribution >= 0.6 is 0 Å². The average Bonchev–Trinajstić information content (AvgIpc) is 3.45. The molecule has 3 N–H and O–H groups in total. The first-order valence-corrected chi connectivity index (χ1v) is 8.04. The second-order valence-electron chi connectivity index (χ2n) is 5.95. The van der Waals surface area contributed by atoms with E-state index in [0.717, 1.165) is 24.0 Å². The molecule has 0 aliphatic heterocycles. The molecule has 2 aromatic carbocycles. The van der Waals surface area contributed by atoms with Crippen LogP contribution in [-0.2, 0) is 17.9 Å². The molecule has 1 aliphatic rings. The van der Waals surface area contributed by atoms with Crippen molar-refractivity contribution in [3.05, 3.63) is 65.2 Å². The van der Waals surface area contributed by atoms with Crippen LogP contribution in [-0.4, -0.2) is 16.9 Å². The molecule has 124 valence electrons. The number of nitrogens with one attached hydrogen (secondary N) is 2. The van der Waals surface area contributed by atoms with Crippen molar-refractivity contribution in [3.8, 4) is 0 Å². The Morgan fingerprint density at radius 1 is 1.00 bits per heavy atom. The Labute approximate surface area is 140 Å². The van der Waals surface area contributed by atoms with Gasteiger partial charge in [0, 0.05) is 23.7 Å². The van der Waals surface area contributed by atoms with Crippen molar-refractivity contribution in [2.75, 3.05) is 5.32 Å². The first-order valence-electron chi connectivity index (χ1n) is 8.04. The molecule has 5 heteroatoms. The summed E-state index contributed by atoms with van der Waals surface area (Å²) in [6.45, 7) is 0.303. The zero-order valence-corrected chi connectivity index (χ0v) is 13.3. The molecular formula is C19H20N2O3. The Morgan fingerprint density at radius 3 is 2.29 bits per heavy atom. The second-order valence-corrected chi connectivity index (χ2v) is 5.95. The molecule has 1 fully saturated rings. The van der Waals surface area contributed by atoms with Gasteiger partial charge in [0.05, 0.1) is 6.61 Å². The monoisotopic (exact) mass is 324 g/mol. The predicted octanol–water partition coefficient (Wildman–Crippen LogP) is 2.46. The van der Waals surface area contributed by atoms with Crippen LogP contribution in [0.25, 0.3) is 0 Å². The van der Waals surface area contributed by atoms with E-state index in [1.54, 1.807) is 24.3 Å². The number of aliphatic hydroxyl groups excluding tert-OH is 1. The Morgan fingerprint density at radius 2 is 1.67 bits per heavy atom. The standard InChI is InChI=1S/C19H20N2O3/c22-12-16-4-2-1-3-15(16)11-20-18(23)13-7-9-17(10-8-13)21-19(24)14-5-6-14/h1-4,7-10,14,22H,5-6,11-12H2,(H,20,23)(H,21,24). The quantitative estimate of drug-likeness (QED) is 0.764. The van der Waals surface area contributed by atoms with Crippen LogP contribution < -0.4 is 10.6 Å². The number of hydrogen-bond donors (Lipinski definition) is 3. The molecule has 0 saturated heterocycles. The molecule has 0 unspecified atom stereocenters. The zero-order chi connectivity index (χ0) is 16.9. The van der Waals surface area contributed by atoms with Gasteiger partial charge in [-0.15, -0.1) is 0 Å². The van der Waals surface area contributed by atoms with Gasteiger partial charge >= 0.3 is 0 Å². The maximum Gasteiger partial charge on any atom is 0.251 e. The summed E-state index contributed by atoms with van der Waals surface area (Å²) in [6.07, 6.45) is 1.92. The summed E-state index contributed by atoms with van der Waals surface area (Å²) in [5.41, 5.74) is 2.92. The molecule has 1 saturated carbocycles. The van der Waals surface area contributed by atoms with Gasteiger partial charge in [-0.2, -0.15) is 0 Å². The SMILES string of the molecule is O=C(NCc1ccccc1CO)c1ccc(NC(=O)C2CC2)cc1. The number of carbonyl (C=O) groups excluding carboxylic acids is 2. The second kappa shape index (κ2) is 7.27. The molecule has 2 aromatic rings. The van der Waals surface area contributed by atoms with E-state index < -0.39 is 0 Å². The van der Waals surface area contributed by atoms with Crippen molar-refractivity contribution in [2.24, 2.45) is 5.92 Å². The van der Waals surface area contributed by atoms with E-state index in [-0.39, 0.29) is 24.3 Å². The Hall–Kier alpha value is -2.66. The number of anilines is 1. The van der Waals surface area contributed by atoms with Crippen molar-refractivity contribution < 1.29 is 14.7 Å². The van der Waals surface area contributed by atoms with Crippen molar-refractivity contribution in [3.63, 3.8) is 0 Å². The maximum absolute atomic E-state index is 12.2. The van der Waals surface area contributed by atoms with Crippen LogP contribution in [0.4, 0.5) is 5.69 Å². The van der Waals surface area contributed by atoms with Crippen LogP contribution in [0, 0.1) is 5.92 Å². The summed E-state index contributed by atoms with van der Waals surface area (Å²) < 4.78 is 0. The number of rotatable bonds is 6. The zero-order valence-electron chi connectivity index (χ0n) is 13.3. The summed E-state index contributed by atoms with van der Waals surface area (Å²) in [4.78, 5) is 23.9. The Balaban J connectivity index is 1.57. The molecule has 1 aliphatic carbocycles. The van der Waals surface area contributed by atoms with Crippen molar-refractivity contribution in [1.29, 1.82) is 0 Å². The van der Waals surface area contributed by atoms with Gasteiger partial charge in [0.25, 0.3) is 5.91 Å². The van der Waals surface area contributed by atoms with Crippen LogP contribution in [0.5, 0.6) is 0 Å². The first kappa shape index (κ1) is 16.2. The minimum atomic E-state index is -0.192. The summed E-state index contributed by atoms with van der Waals surface area (Å²) in [5.74, 6) is 0.00944. The van der Waals surface area contributed by atoms with Crippen LogP contribution in [0.15, 0.2) is 48.5 Å². The number of hydrogen-bond acceptors (Lipinski definition) is 3. The third-order valence-electron chi connectivity index (χ3n) is 4.09. The molecule has 0 atom stereocenters. The van der Waals surface area contributed by atoms with Crippen molar-refractivity contribution in [2.45, 2.75) is 26.0 Å². The number of carbonyl (C=O) groups is 2. The predicted molar refractivity (Wildman–Crippen MR) is 91.3 cm³/mol. The van der Waals surface area contributed by atoms with Gasteiger partial charge < -0.3 is 15.7 Å². The summed E-state index contributed by atoms with van der Waals surface area (Å²) >= 11 is 0. The molecule has 0 aromatic heterocycles.